The Morgan fingerprint density at radius 1 is 1.12 bits per heavy atom. The van der Waals surface area contributed by atoms with Gasteiger partial charge in [0.05, 0.1) is 15.9 Å². The topological polar surface area (TPSA) is 127 Å². The number of halogens is 3. The van der Waals surface area contributed by atoms with E-state index in [1.165, 1.54) is 0 Å². The van der Waals surface area contributed by atoms with E-state index in [9.17, 15) is 33.4 Å². The van der Waals surface area contributed by atoms with Gasteiger partial charge in [0.15, 0.2) is 5.52 Å². The molecule has 0 unspecified atom stereocenters. The molecule has 0 aliphatic carbocycles. The minimum absolute atomic E-state index is 0. The number of nitro groups is 2. The Hall–Kier alpha value is -1.92. The fourth-order valence-electron chi connectivity index (χ4n) is 2.06. The molecule has 0 amide bonds. The molecule has 0 saturated heterocycles. The summed E-state index contributed by atoms with van der Waals surface area (Å²) in [7, 11) is 0. The summed E-state index contributed by atoms with van der Waals surface area (Å²) in [6.07, 6.45) is -4.89. The molecule has 0 aliphatic rings. The van der Waals surface area contributed by atoms with Crippen LogP contribution in [0.25, 0.3) is 11.0 Å². The summed E-state index contributed by atoms with van der Waals surface area (Å²) in [4.78, 5) is 25.5. The number of nitrogens with zero attached hydrogens (tertiary/aromatic N) is 3. The number of hydrogen-bond acceptors (Lipinski definition) is 6. The van der Waals surface area contributed by atoms with Crippen LogP contribution in [-0.4, -0.2) is 54.9 Å². The number of fused-ring (bicyclic) bond motifs is 1. The van der Waals surface area contributed by atoms with Crippen molar-refractivity contribution in [3.8, 4) is 0 Å². The zero-order valence-electron chi connectivity index (χ0n) is 13.7. The number of aromatic nitrogens is 2. The molecule has 0 saturated carbocycles. The number of benzene rings is 1. The van der Waals surface area contributed by atoms with Crippen LogP contribution < -0.4 is 5.32 Å². The molecule has 13 heteroatoms. The molecule has 25 heavy (non-hydrogen) atoms. The van der Waals surface area contributed by atoms with Gasteiger partial charge in [-0.1, -0.05) is 0 Å². The first-order chi connectivity index (χ1) is 10.8. The van der Waals surface area contributed by atoms with Crippen LogP contribution in [0.4, 0.5) is 30.2 Å². The van der Waals surface area contributed by atoms with E-state index in [1.807, 2.05) is 4.98 Å². The van der Waals surface area contributed by atoms with Gasteiger partial charge in [0, 0.05) is 35.1 Å². The van der Waals surface area contributed by atoms with E-state index < -0.39 is 49.8 Å². The van der Waals surface area contributed by atoms with Crippen molar-refractivity contribution in [2.24, 2.45) is 0 Å². The first kappa shape index (κ1) is 21.1. The summed E-state index contributed by atoms with van der Waals surface area (Å²) in [6.45, 7) is 4.89. The van der Waals surface area contributed by atoms with Crippen molar-refractivity contribution in [1.82, 2.24) is 9.97 Å². The average Bonchev–Trinajstić information content (AvgIpc) is 2.81. The molecule has 0 spiro atoms. The fourth-order valence-corrected chi connectivity index (χ4v) is 2.06. The smallest absolute Gasteiger partial charge is 0.373 e. The van der Waals surface area contributed by atoms with E-state index in [0.29, 0.717) is 6.07 Å². The Kier molecular flexibility index (Phi) is 5.72. The number of aromatic amines is 1. The van der Waals surface area contributed by atoms with Gasteiger partial charge in [-0.05, 0) is 20.8 Å². The van der Waals surface area contributed by atoms with E-state index in [1.54, 1.807) is 20.8 Å². The van der Waals surface area contributed by atoms with Gasteiger partial charge in [-0.25, -0.2) is 4.98 Å². The van der Waals surface area contributed by atoms with Crippen LogP contribution in [-0.2, 0) is 6.18 Å². The summed E-state index contributed by atoms with van der Waals surface area (Å²) in [5.41, 5.74) is -3.71. The maximum atomic E-state index is 12.9. The SMILES string of the molecule is CC(C)(C)Nc1c([N+](=O)[O-])cc([N+](=O)[O-])c2nc(C(F)(F)F)[nH]c12.[Na]. The summed E-state index contributed by atoms with van der Waals surface area (Å²) in [5, 5.41) is 25.0. The molecule has 1 aromatic heterocycles. The predicted molar refractivity (Wildman–Crippen MR) is 83.5 cm³/mol. The Morgan fingerprint density at radius 3 is 2.04 bits per heavy atom. The molecule has 1 aromatic carbocycles. The number of H-pyrrole nitrogens is 1. The number of hydrogen-bond donors (Lipinski definition) is 2. The van der Waals surface area contributed by atoms with Gasteiger partial charge < -0.3 is 10.3 Å². The second kappa shape index (κ2) is 6.77. The van der Waals surface area contributed by atoms with Crippen LogP contribution in [0.15, 0.2) is 6.07 Å². The minimum atomic E-state index is -4.89. The Balaban J connectivity index is 0.00000312. The molecule has 9 nitrogen and oxygen atoms in total. The molecule has 1 heterocycles. The maximum absolute atomic E-state index is 12.9. The van der Waals surface area contributed by atoms with Crippen molar-refractivity contribution >= 4 is 57.7 Å². The van der Waals surface area contributed by atoms with Crippen LogP contribution >= 0.6 is 0 Å². The van der Waals surface area contributed by atoms with Gasteiger partial charge in [0.1, 0.15) is 11.2 Å². The van der Waals surface area contributed by atoms with Gasteiger partial charge >= 0.3 is 17.6 Å². The van der Waals surface area contributed by atoms with Crippen LogP contribution in [0.5, 0.6) is 0 Å². The quantitative estimate of drug-likeness (QED) is 0.485. The monoisotopic (exact) mass is 370 g/mol. The van der Waals surface area contributed by atoms with Crippen molar-refractivity contribution in [3.05, 3.63) is 32.1 Å². The number of non-ortho nitro benzene ring substituents is 1. The molecule has 1 radical (unpaired) electrons. The fraction of sp³-hybridized carbons (Fsp3) is 0.417. The second-order valence-electron chi connectivity index (χ2n) is 5.99. The molecule has 2 aromatic rings. The van der Waals surface area contributed by atoms with Gasteiger partial charge in [-0.15, -0.1) is 0 Å². The average molecular weight is 370 g/mol. The van der Waals surface area contributed by atoms with Crippen molar-refractivity contribution in [3.63, 3.8) is 0 Å². The minimum Gasteiger partial charge on any atom is -0.373 e. The van der Waals surface area contributed by atoms with Gasteiger partial charge in [-0.3, -0.25) is 20.2 Å². The largest absolute Gasteiger partial charge is 0.449 e. The third kappa shape index (κ3) is 4.38. The number of anilines is 1. The van der Waals surface area contributed by atoms with Crippen LogP contribution in [0.2, 0.25) is 0 Å². The van der Waals surface area contributed by atoms with E-state index in [4.69, 9.17) is 0 Å². The summed E-state index contributed by atoms with van der Waals surface area (Å²) in [5.74, 6) is -1.47. The van der Waals surface area contributed by atoms with Crippen molar-refractivity contribution in [2.45, 2.75) is 32.5 Å². The number of alkyl halides is 3. The van der Waals surface area contributed by atoms with Gasteiger partial charge in [0.2, 0.25) is 5.82 Å². The molecule has 0 aliphatic heterocycles. The van der Waals surface area contributed by atoms with Crippen LogP contribution in [0.3, 0.4) is 0 Å². The molecular formula is C12H12F3N5NaO4. The first-order valence-corrected chi connectivity index (χ1v) is 6.52. The normalized spacial score (nSPS) is 11.9. The third-order valence-electron chi connectivity index (χ3n) is 2.89. The van der Waals surface area contributed by atoms with E-state index in [-0.39, 0.29) is 35.2 Å². The van der Waals surface area contributed by atoms with E-state index in [2.05, 4.69) is 10.3 Å². The van der Waals surface area contributed by atoms with Crippen LogP contribution in [0.1, 0.15) is 26.6 Å². The zero-order valence-corrected chi connectivity index (χ0v) is 15.7. The molecule has 0 fully saturated rings. The van der Waals surface area contributed by atoms with Crippen LogP contribution in [0, 0.1) is 20.2 Å². The molecular weight excluding hydrogens is 358 g/mol. The summed E-state index contributed by atoms with van der Waals surface area (Å²) < 4.78 is 38.6. The molecule has 2 N–H and O–H groups in total. The predicted octanol–water partition coefficient (Wildman–Crippen LogP) is 3.23. The molecule has 2 rings (SSSR count). The Morgan fingerprint density at radius 2 is 1.64 bits per heavy atom. The number of imidazole rings is 1. The van der Waals surface area contributed by atoms with Gasteiger partial charge in [-0.2, -0.15) is 13.2 Å². The van der Waals surface area contributed by atoms with Crippen molar-refractivity contribution < 1.29 is 23.0 Å². The van der Waals surface area contributed by atoms with E-state index in [0.717, 1.165) is 0 Å². The second-order valence-corrected chi connectivity index (χ2v) is 5.99. The third-order valence-corrected chi connectivity index (χ3v) is 2.89. The van der Waals surface area contributed by atoms with Gasteiger partial charge in [0.25, 0.3) is 0 Å². The number of nitrogens with one attached hydrogen (secondary N) is 2. The van der Waals surface area contributed by atoms with E-state index >= 15 is 0 Å². The zero-order chi connectivity index (χ0) is 18.4. The summed E-state index contributed by atoms with van der Waals surface area (Å²) >= 11 is 0. The maximum Gasteiger partial charge on any atom is 0.449 e. The number of rotatable bonds is 3. The standard InChI is InChI=1S/C12H12F3N5O4.Na/c1-11(2,3)18-8-6(20(23)24)4-5(19(21)22)7-9(8)17-10(16-7)12(13,14)15;/h4,18H,1-3H3,(H,16,17);. The Bertz CT molecular complexity index is 844. The molecule has 0 bridgehead atoms. The van der Waals surface area contributed by atoms with Crippen molar-refractivity contribution in [1.29, 1.82) is 0 Å². The molecule has 131 valence electrons. The Labute approximate surface area is 160 Å². The first-order valence-electron chi connectivity index (χ1n) is 6.52. The summed E-state index contributed by atoms with van der Waals surface area (Å²) in [6, 6.07) is 0.595. The van der Waals surface area contributed by atoms with Crippen molar-refractivity contribution in [2.75, 3.05) is 5.32 Å². The number of nitro benzene ring substituents is 2. The molecule has 0 atom stereocenters.